The van der Waals surface area contributed by atoms with Crippen molar-refractivity contribution in [3.8, 4) is 0 Å². The topological polar surface area (TPSA) is 90.5 Å². The zero-order valence-corrected chi connectivity index (χ0v) is 13.0. The number of rotatable bonds is 3. The van der Waals surface area contributed by atoms with E-state index >= 15 is 0 Å². The quantitative estimate of drug-likeness (QED) is 0.745. The van der Waals surface area contributed by atoms with Crippen LogP contribution in [0.4, 0.5) is 15.3 Å². The van der Waals surface area contributed by atoms with Crippen molar-refractivity contribution < 1.29 is 14.4 Å². The lowest BCUT2D eigenvalue weighted by Crippen LogP contribution is -2.36. The molecule has 2 aliphatic rings. The van der Waals surface area contributed by atoms with Crippen molar-refractivity contribution >= 4 is 23.7 Å². The highest BCUT2D eigenvalue weighted by Gasteiger charge is 2.36. The molecular weight excluding hydrogens is 296 g/mol. The van der Waals surface area contributed by atoms with E-state index in [1.165, 1.54) is 7.05 Å². The lowest BCUT2D eigenvalue weighted by atomic mass is 10.1. The number of hydrogen-bond donors (Lipinski definition) is 3. The fraction of sp³-hybridized carbons (Fsp3) is 0.438. The van der Waals surface area contributed by atoms with Crippen LogP contribution in [0.2, 0.25) is 0 Å². The summed E-state index contributed by atoms with van der Waals surface area (Å²) in [5, 5.41) is 8.35. The van der Waals surface area contributed by atoms with Crippen molar-refractivity contribution in [3.05, 3.63) is 29.8 Å². The summed E-state index contributed by atoms with van der Waals surface area (Å²) in [5.41, 5.74) is 1.34. The highest BCUT2D eigenvalue weighted by molar-refractivity contribution is 6.04. The van der Waals surface area contributed by atoms with Crippen LogP contribution in [0.1, 0.15) is 37.3 Å². The van der Waals surface area contributed by atoms with Crippen molar-refractivity contribution in [2.24, 2.45) is 0 Å². The molecule has 2 fully saturated rings. The first-order valence-corrected chi connectivity index (χ1v) is 7.80. The molecule has 1 aliphatic carbocycles. The van der Waals surface area contributed by atoms with Gasteiger partial charge in [0.05, 0.1) is 0 Å². The molecule has 23 heavy (non-hydrogen) atoms. The fourth-order valence-electron chi connectivity index (χ4n) is 2.98. The summed E-state index contributed by atoms with van der Waals surface area (Å²) in [4.78, 5) is 36.4. The van der Waals surface area contributed by atoms with Crippen LogP contribution in [-0.2, 0) is 4.79 Å². The Labute approximate surface area is 134 Å². The van der Waals surface area contributed by atoms with Gasteiger partial charge in [-0.05, 0) is 30.5 Å². The summed E-state index contributed by atoms with van der Waals surface area (Å²) in [6, 6.07) is 5.89. The number of carbonyl (C=O) groups is 3. The Kier molecular flexibility index (Phi) is 4.18. The van der Waals surface area contributed by atoms with Crippen LogP contribution in [0.25, 0.3) is 0 Å². The molecule has 1 saturated heterocycles. The van der Waals surface area contributed by atoms with E-state index in [-0.39, 0.29) is 18.0 Å². The number of urea groups is 2. The van der Waals surface area contributed by atoms with Gasteiger partial charge in [0.25, 0.3) is 5.91 Å². The third kappa shape index (κ3) is 3.28. The van der Waals surface area contributed by atoms with E-state index in [0.717, 1.165) is 30.6 Å². The van der Waals surface area contributed by atoms with E-state index < -0.39 is 12.1 Å². The van der Waals surface area contributed by atoms with E-state index in [4.69, 9.17) is 0 Å². The minimum absolute atomic E-state index is 0.213. The predicted octanol–water partition coefficient (Wildman–Crippen LogP) is 1.97. The second-order valence-corrected chi connectivity index (χ2v) is 5.98. The molecule has 7 nitrogen and oxygen atoms in total. The Hall–Kier alpha value is -2.57. The average Bonchev–Trinajstić information content (AvgIpc) is 3.12. The van der Waals surface area contributed by atoms with Gasteiger partial charge in [0.1, 0.15) is 6.04 Å². The normalized spacial score (nSPS) is 21.4. The molecule has 5 amide bonds. The maximum atomic E-state index is 11.9. The van der Waals surface area contributed by atoms with Crippen LogP contribution in [0.5, 0.6) is 0 Å². The SMILES string of the molecule is CN1C(=O)NC(c2ccc(NC(=O)NC3CCCC3)cc2)C1=O. The Morgan fingerprint density at radius 2 is 1.83 bits per heavy atom. The number of anilines is 1. The van der Waals surface area contributed by atoms with Crippen molar-refractivity contribution in [3.63, 3.8) is 0 Å². The molecule has 0 bridgehead atoms. The molecule has 0 radical (unpaired) electrons. The lowest BCUT2D eigenvalue weighted by molar-refractivity contribution is -0.126. The van der Waals surface area contributed by atoms with Gasteiger partial charge in [-0.3, -0.25) is 9.69 Å². The number of carbonyl (C=O) groups excluding carboxylic acids is 3. The summed E-state index contributed by atoms with van der Waals surface area (Å²) in [6.07, 6.45) is 4.39. The number of hydrogen-bond acceptors (Lipinski definition) is 3. The Bertz CT molecular complexity index is 623. The number of nitrogens with one attached hydrogen (secondary N) is 3. The molecule has 1 atom stereocenters. The highest BCUT2D eigenvalue weighted by Crippen LogP contribution is 2.22. The summed E-state index contributed by atoms with van der Waals surface area (Å²) in [5.74, 6) is -0.283. The standard InChI is InChI=1S/C16H20N4O3/c1-20-14(21)13(19-16(20)23)10-6-8-12(9-7-10)18-15(22)17-11-4-2-3-5-11/h6-9,11,13H,2-5H2,1H3,(H,19,23)(H2,17,18,22). The molecule has 1 aromatic rings. The summed E-state index contributed by atoms with van der Waals surface area (Å²) in [6.45, 7) is 0. The zero-order valence-electron chi connectivity index (χ0n) is 13.0. The van der Waals surface area contributed by atoms with Gasteiger partial charge in [0.2, 0.25) is 0 Å². The van der Waals surface area contributed by atoms with Gasteiger partial charge in [-0.15, -0.1) is 0 Å². The van der Waals surface area contributed by atoms with Gasteiger partial charge >= 0.3 is 12.1 Å². The Morgan fingerprint density at radius 3 is 2.39 bits per heavy atom. The molecule has 0 aromatic heterocycles. The minimum atomic E-state index is -0.658. The van der Waals surface area contributed by atoms with Gasteiger partial charge in [0, 0.05) is 18.8 Å². The number of imide groups is 1. The van der Waals surface area contributed by atoms with Crippen LogP contribution in [0, 0.1) is 0 Å². The molecule has 1 heterocycles. The van der Waals surface area contributed by atoms with Gasteiger partial charge in [-0.2, -0.15) is 0 Å². The van der Waals surface area contributed by atoms with Gasteiger partial charge < -0.3 is 16.0 Å². The second-order valence-electron chi connectivity index (χ2n) is 5.98. The maximum absolute atomic E-state index is 11.9. The smallest absolute Gasteiger partial charge is 0.324 e. The molecular formula is C16H20N4O3. The van der Waals surface area contributed by atoms with Crippen molar-refractivity contribution in [1.29, 1.82) is 0 Å². The fourth-order valence-corrected chi connectivity index (χ4v) is 2.98. The highest BCUT2D eigenvalue weighted by atomic mass is 16.2. The van der Waals surface area contributed by atoms with Crippen LogP contribution in [0.3, 0.4) is 0 Å². The van der Waals surface area contributed by atoms with Crippen LogP contribution in [-0.4, -0.2) is 36.0 Å². The van der Waals surface area contributed by atoms with E-state index in [1.807, 2.05) is 0 Å². The van der Waals surface area contributed by atoms with E-state index in [9.17, 15) is 14.4 Å². The molecule has 1 unspecified atom stereocenters. The molecule has 0 spiro atoms. The van der Waals surface area contributed by atoms with Gasteiger partial charge in [-0.1, -0.05) is 25.0 Å². The summed E-state index contributed by atoms with van der Waals surface area (Å²) in [7, 11) is 1.45. The van der Waals surface area contributed by atoms with E-state index in [2.05, 4.69) is 16.0 Å². The summed E-state index contributed by atoms with van der Waals surface area (Å²) >= 11 is 0. The molecule has 7 heteroatoms. The maximum Gasteiger partial charge on any atom is 0.324 e. The van der Waals surface area contributed by atoms with E-state index in [0.29, 0.717) is 11.3 Å². The Balaban J connectivity index is 1.60. The molecule has 1 aliphatic heterocycles. The first kappa shape index (κ1) is 15.3. The lowest BCUT2D eigenvalue weighted by Gasteiger charge is -2.14. The first-order valence-electron chi connectivity index (χ1n) is 7.80. The number of amides is 5. The first-order chi connectivity index (χ1) is 11.0. The monoisotopic (exact) mass is 316 g/mol. The van der Waals surface area contributed by atoms with E-state index in [1.54, 1.807) is 24.3 Å². The second kappa shape index (κ2) is 6.28. The van der Waals surface area contributed by atoms with Crippen molar-refractivity contribution in [2.45, 2.75) is 37.8 Å². The Morgan fingerprint density at radius 1 is 1.17 bits per heavy atom. The predicted molar refractivity (Wildman–Crippen MR) is 84.9 cm³/mol. The van der Waals surface area contributed by atoms with Crippen LogP contribution in [0.15, 0.2) is 24.3 Å². The number of benzene rings is 1. The number of likely N-dealkylation sites (N-methyl/N-ethyl adjacent to an activating group) is 1. The van der Waals surface area contributed by atoms with Crippen molar-refractivity contribution in [1.82, 2.24) is 15.5 Å². The van der Waals surface area contributed by atoms with Crippen LogP contribution < -0.4 is 16.0 Å². The largest absolute Gasteiger partial charge is 0.335 e. The molecule has 1 aromatic carbocycles. The minimum Gasteiger partial charge on any atom is -0.335 e. The average molecular weight is 316 g/mol. The summed E-state index contributed by atoms with van der Waals surface area (Å²) < 4.78 is 0. The zero-order chi connectivity index (χ0) is 16.4. The van der Waals surface area contributed by atoms with Crippen LogP contribution >= 0.6 is 0 Å². The van der Waals surface area contributed by atoms with Gasteiger partial charge in [-0.25, -0.2) is 9.59 Å². The molecule has 122 valence electrons. The number of nitrogens with zero attached hydrogens (tertiary/aromatic N) is 1. The third-order valence-corrected chi connectivity index (χ3v) is 4.34. The molecule has 1 saturated carbocycles. The molecule has 3 N–H and O–H groups in total. The van der Waals surface area contributed by atoms with Gasteiger partial charge in [0.15, 0.2) is 0 Å². The third-order valence-electron chi connectivity index (χ3n) is 4.34. The molecule has 3 rings (SSSR count). The van der Waals surface area contributed by atoms with Crippen molar-refractivity contribution in [2.75, 3.05) is 12.4 Å².